The van der Waals surface area contributed by atoms with Gasteiger partial charge in [0.25, 0.3) is 0 Å². The maximum Gasteiger partial charge on any atom is 0.0821 e. The van der Waals surface area contributed by atoms with Crippen LogP contribution in [0.2, 0.25) is 0 Å². The Kier molecular flexibility index (Phi) is 4.78. The van der Waals surface area contributed by atoms with Crippen molar-refractivity contribution in [2.45, 2.75) is 38.8 Å². The first-order valence-corrected chi connectivity index (χ1v) is 5.36. The van der Waals surface area contributed by atoms with Crippen molar-refractivity contribution in [3.63, 3.8) is 0 Å². The van der Waals surface area contributed by atoms with Crippen LogP contribution >= 0.6 is 0 Å². The third-order valence-corrected chi connectivity index (χ3v) is 2.36. The highest BCUT2D eigenvalue weighted by Gasteiger charge is 2.10. The van der Waals surface area contributed by atoms with Crippen LogP contribution in [0.15, 0.2) is 12.4 Å². The topological polar surface area (TPSA) is 47.3 Å². The molecular formula is C11H20N2O2. The second kappa shape index (κ2) is 5.88. The average molecular weight is 212 g/mol. The number of methoxy groups -OCH3 is 1. The molecule has 0 aliphatic rings. The van der Waals surface area contributed by atoms with E-state index in [2.05, 4.69) is 18.9 Å². The fourth-order valence-electron chi connectivity index (χ4n) is 1.39. The molecule has 86 valence electrons. The van der Waals surface area contributed by atoms with Gasteiger partial charge in [0, 0.05) is 31.5 Å². The normalized spacial score (nSPS) is 13.4. The first-order valence-electron chi connectivity index (χ1n) is 5.36. The summed E-state index contributed by atoms with van der Waals surface area (Å²) in [6, 6.07) is 0.338. The molecule has 1 N–H and O–H groups in total. The number of aliphatic hydroxyl groups excluding tert-OH is 1. The van der Waals surface area contributed by atoms with E-state index in [0.29, 0.717) is 12.6 Å². The molecule has 4 heteroatoms. The van der Waals surface area contributed by atoms with Crippen molar-refractivity contribution in [3.8, 4) is 0 Å². The number of nitrogens with zero attached hydrogens (tertiary/aromatic N) is 2. The van der Waals surface area contributed by atoms with Gasteiger partial charge in [-0.3, -0.25) is 4.68 Å². The van der Waals surface area contributed by atoms with Crippen molar-refractivity contribution in [3.05, 3.63) is 18.0 Å². The molecule has 0 radical (unpaired) electrons. The summed E-state index contributed by atoms with van der Waals surface area (Å²) in [5.41, 5.74) is 0.889. The van der Waals surface area contributed by atoms with Gasteiger partial charge >= 0.3 is 0 Å². The summed E-state index contributed by atoms with van der Waals surface area (Å²) in [5.74, 6) is 0. The molecule has 0 aliphatic carbocycles. The first-order chi connectivity index (χ1) is 7.15. The maximum absolute atomic E-state index is 9.83. The van der Waals surface area contributed by atoms with Crippen molar-refractivity contribution in [1.29, 1.82) is 0 Å². The Balaban J connectivity index is 2.47. The Bertz CT molecular complexity index is 284. The molecule has 1 aromatic heterocycles. The fraction of sp³-hybridized carbons (Fsp3) is 0.727. The van der Waals surface area contributed by atoms with Crippen molar-refractivity contribution in [2.75, 3.05) is 13.7 Å². The van der Waals surface area contributed by atoms with E-state index >= 15 is 0 Å². The average Bonchev–Trinajstić information content (AvgIpc) is 2.66. The zero-order valence-corrected chi connectivity index (χ0v) is 9.68. The number of aliphatic hydroxyl groups is 1. The van der Waals surface area contributed by atoms with Gasteiger partial charge in [-0.05, 0) is 26.7 Å². The van der Waals surface area contributed by atoms with Gasteiger partial charge in [0.2, 0.25) is 0 Å². The molecule has 4 nitrogen and oxygen atoms in total. The molecule has 15 heavy (non-hydrogen) atoms. The van der Waals surface area contributed by atoms with E-state index < -0.39 is 6.10 Å². The summed E-state index contributed by atoms with van der Waals surface area (Å²) in [7, 11) is 1.67. The molecule has 0 bridgehead atoms. The van der Waals surface area contributed by atoms with Crippen molar-refractivity contribution in [2.24, 2.45) is 0 Å². The van der Waals surface area contributed by atoms with E-state index in [0.717, 1.165) is 18.4 Å². The molecule has 0 saturated heterocycles. The number of rotatable bonds is 6. The second-order valence-corrected chi connectivity index (χ2v) is 4.00. The van der Waals surface area contributed by atoms with Gasteiger partial charge in [-0.2, -0.15) is 5.10 Å². The van der Waals surface area contributed by atoms with Gasteiger partial charge in [0.05, 0.1) is 12.3 Å². The van der Waals surface area contributed by atoms with Gasteiger partial charge in [-0.15, -0.1) is 0 Å². The molecule has 0 aliphatic heterocycles. The van der Waals surface area contributed by atoms with E-state index in [4.69, 9.17) is 4.74 Å². The monoisotopic (exact) mass is 212 g/mol. The molecule has 0 spiro atoms. The summed E-state index contributed by atoms with van der Waals surface area (Å²) >= 11 is 0. The highest BCUT2D eigenvalue weighted by atomic mass is 16.5. The zero-order valence-electron chi connectivity index (χ0n) is 9.68. The summed E-state index contributed by atoms with van der Waals surface area (Å²) < 4.78 is 6.80. The van der Waals surface area contributed by atoms with Crippen LogP contribution in [-0.2, 0) is 4.74 Å². The fourth-order valence-corrected chi connectivity index (χ4v) is 1.39. The Morgan fingerprint density at radius 1 is 1.53 bits per heavy atom. The van der Waals surface area contributed by atoms with E-state index in [1.165, 1.54) is 0 Å². The minimum Gasteiger partial charge on any atom is -0.388 e. The minimum absolute atomic E-state index is 0.338. The minimum atomic E-state index is -0.423. The molecule has 0 saturated carbocycles. The van der Waals surface area contributed by atoms with E-state index in [9.17, 15) is 5.11 Å². The third kappa shape index (κ3) is 3.64. The molecule has 0 fully saturated rings. The highest BCUT2D eigenvalue weighted by molar-refractivity contribution is 5.08. The molecular weight excluding hydrogens is 192 g/mol. The molecule has 1 atom stereocenters. The summed E-state index contributed by atoms with van der Waals surface area (Å²) in [6.45, 7) is 4.82. The molecule has 1 unspecified atom stereocenters. The van der Waals surface area contributed by atoms with Gasteiger partial charge in [0.1, 0.15) is 0 Å². The van der Waals surface area contributed by atoms with Crippen LogP contribution in [0.4, 0.5) is 0 Å². The molecule has 1 rings (SSSR count). The maximum atomic E-state index is 9.83. The van der Waals surface area contributed by atoms with Gasteiger partial charge in [-0.25, -0.2) is 0 Å². The van der Waals surface area contributed by atoms with Gasteiger partial charge < -0.3 is 9.84 Å². The van der Waals surface area contributed by atoms with Crippen molar-refractivity contribution in [1.82, 2.24) is 9.78 Å². The Morgan fingerprint density at radius 3 is 2.80 bits per heavy atom. The lowest BCUT2D eigenvalue weighted by molar-refractivity contribution is 0.136. The van der Waals surface area contributed by atoms with Crippen LogP contribution in [0.3, 0.4) is 0 Å². The molecule has 0 amide bonds. The number of ether oxygens (including phenoxy) is 1. The van der Waals surface area contributed by atoms with Gasteiger partial charge in [-0.1, -0.05) is 0 Å². The summed E-state index contributed by atoms with van der Waals surface area (Å²) in [4.78, 5) is 0. The van der Waals surface area contributed by atoms with E-state index in [-0.39, 0.29) is 0 Å². The van der Waals surface area contributed by atoms with Crippen LogP contribution in [0, 0.1) is 0 Å². The van der Waals surface area contributed by atoms with Crippen LogP contribution < -0.4 is 0 Å². The third-order valence-electron chi connectivity index (χ3n) is 2.36. The van der Waals surface area contributed by atoms with Crippen molar-refractivity contribution < 1.29 is 9.84 Å². The highest BCUT2D eigenvalue weighted by Crippen LogP contribution is 2.18. The van der Waals surface area contributed by atoms with E-state index in [1.54, 1.807) is 13.3 Å². The largest absolute Gasteiger partial charge is 0.388 e. The molecule has 1 heterocycles. The lowest BCUT2D eigenvalue weighted by atomic mass is 10.1. The smallest absolute Gasteiger partial charge is 0.0821 e. The summed E-state index contributed by atoms with van der Waals surface area (Å²) in [5, 5.41) is 14.0. The summed E-state index contributed by atoms with van der Waals surface area (Å²) in [6.07, 6.45) is 4.80. The number of aromatic nitrogens is 2. The number of hydrogen-bond donors (Lipinski definition) is 1. The van der Waals surface area contributed by atoms with Crippen molar-refractivity contribution >= 4 is 0 Å². The van der Waals surface area contributed by atoms with Crippen LogP contribution in [0.5, 0.6) is 0 Å². The Morgan fingerprint density at radius 2 is 2.27 bits per heavy atom. The second-order valence-electron chi connectivity index (χ2n) is 4.00. The Hall–Kier alpha value is -0.870. The van der Waals surface area contributed by atoms with Crippen LogP contribution in [-0.4, -0.2) is 28.6 Å². The quantitative estimate of drug-likeness (QED) is 0.733. The predicted molar refractivity (Wildman–Crippen MR) is 58.7 cm³/mol. The Labute approximate surface area is 90.9 Å². The van der Waals surface area contributed by atoms with Gasteiger partial charge in [0.15, 0.2) is 0 Å². The first kappa shape index (κ1) is 12.2. The van der Waals surface area contributed by atoms with Crippen LogP contribution in [0.25, 0.3) is 0 Å². The van der Waals surface area contributed by atoms with E-state index in [1.807, 2.05) is 10.9 Å². The molecule has 1 aromatic rings. The predicted octanol–water partition coefficient (Wildman–Crippen LogP) is 1.92. The zero-order chi connectivity index (χ0) is 11.3. The van der Waals surface area contributed by atoms with Crippen LogP contribution in [0.1, 0.15) is 44.4 Å². The lowest BCUT2D eigenvalue weighted by Crippen LogP contribution is -2.01. The number of hydrogen-bond acceptors (Lipinski definition) is 3. The SMILES string of the molecule is COCCCC(O)c1cnn(C(C)C)c1. The standard InChI is InChI=1S/C11H20N2O2/c1-9(2)13-8-10(7-12-13)11(14)5-4-6-15-3/h7-9,11,14H,4-6H2,1-3H3. The lowest BCUT2D eigenvalue weighted by Gasteiger charge is -2.08. The molecule has 0 aromatic carbocycles.